The Bertz CT molecular complexity index is 985. The third-order valence-corrected chi connectivity index (χ3v) is 3.83. The van der Waals surface area contributed by atoms with E-state index in [-0.39, 0.29) is 0 Å². The molecule has 0 aliphatic rings. The highest BCUT2D eigenvalue weighted by Crippen LogP contribution is 2.41. The Balaban J connectivity index is 2.01. The first-order valence-corrected chi connectivity index (χ1v) is 7.31. The molecule has 4 aromatic rings. The van der Waals surface area contributed by atoms with Gasteiger partial charge in [0, 0.05) is 0 Å². The smallest absolute Gasteiger partial charge is 0.151 e. The van der Waals surface area contributed by atoms with Crippen LogP contribution in [0.15, 0.2) is 68.4 Å². The molecule has 2 N–H and O–H groups in total. The molecule has 0 atom stereocenters. The van der Waals surface area contributed by atoms with Crippen LogP contribution in [0.3, 0.4) is 0 Å². The number of hydrogen-bond donors (Lipinski definition) is 1. The first-order valence-electron chi connectivity index (χ1n) is 7.31. The number of hydrogen-bond acceptors (Lipinski definition) is 5. The number of aromatic nitrogens is 1. The number of anilines is 1. The van der Waals surface area contributed by atoms with E-state index in [0.29, 0.717) is 40.7 Å². The second-order valence-electron chi connectivity index (χ2n) is 5.22. The summed E-state index contributed by atoms with van der Waals surface area (Å²) >= 11 is 0. The summed E-state index contributed by atoms with van der Waals surface area (Å²) in [4.78, 5) is 0. The summed E-state index contributed by atoms with van der Waals surface area (Å²) in [5, 5.41) is 9.62. The fourth-order valence-electron chi connectivity index (χ4n) is 2.80. The third-order valence-electron chi connectivity index (χ3n) is 3.83. The third kappa shape index (κ3) is 2.11. The first-order chi connectivity index (χ1) is 11.8. The lowest BCUT2D eigenvalue weighted by Crippen LogP contribution is -2.05. The average Bonchev–Trinajstić information content (AvgIpc) is 3.37. The van der Waals surface area contributed by atoms with Crippen LogP contribution in [0.5, 0.6) is 0 Å². The lowest BCUT2D eigenvalue weighted by Gasteiger charge is -2.09. The second-order valence-corrected chi connectivity index (χ2v) is 5.22. The van der Waals surface area contributed by atoms with E-state index < -0.39 is 0 Å². The van der Waals surface area contributed by atoms with E-state index in [9.17, 15) is 5.26 Å². The van der Waals surface area contributed by atoms with E-state index in [0.717, 1.165) is 5.76 Å². The largest absolute Gasteiger partial charge is 0.467 e. The quantitative estimate of drug-likeness (QED) is 0.611. The molecule has 24 heavy (non-hydrogen) atoms. The van der Waals surface area contributed by atoms with Gasteiger partial charge < -0.3 is 23.6 Å². The van der Waals surface area contributed by atoms with Crippen molar-refractivity contribution in [1.82, 2.24) is 4.57 Å². The molecular weight excluding hydrogens is 306 g/mol. The van der Waals surface area contributed by atoms with Crippen molar-refractivity contribution in [3.05, 3.63) is 66.5 Å². The first kappa shape index (κ1) is 14.0. The Morgan fingerprint density at radius 1 is 0.958 bits per heavy atom. The van der Waals surface area contributed by atoms with Crippen molar-refractivity contribution in [2.45, 2.75) is 6.54 Å². The Morgan fingerprint density at radius 3 is 2.21 bits per heavy atom. The van der Waals surface area contributed by atoms with E-state index in [1.165, 1.54) is 0 Å². The number of nitriles is 1. The van der Waals surface area contributed by atoms with Gasteiger partial charge in [-0.05, 0) is 36.4 Å². The van der Waals surface area contributed by atoms with Crippen molar-refractivity contribution in [2.24, 2.45) is 0 Å². The fraction of sp³-hybridized carbons (Fsp3) is 0.0556. The van der Waals surface area contributed by atoms with Crippen LogP contribution in [0, 0.1) is 11.3 Å². The van der Waals surface area contributed by atoms with Crippen molar-refractivity contribution in [2.75, 3.05) is 5.73 Å². The van der Waals surface area contributed by atoms with Crippen LogP contribution in [0.25, 0.3) is 22.8 Å². The van der Waals surface area contributed by atoms with Crippen molar-refractivity contribution in [1.29, 1.82) is 5.26 Å². The van der Waals surface area contributed by atoms with E-state index >= 15 is 0 Å². The van der Waals surface area contributed by atoms with Gasteiger partial charge in [0.25, 0.3) is 0 Å². The SMILES string of the molecule is N#Cc1c(-c2ccco2)c(-c2ccco2)n(Cc2ccco2)c1N. The Kier molecular flexibility index (Phi) is 3.25. The number of rotatable bonds is 4. The van der Waals surface area contributed by atoms with Gasteiger partial charge in [-0.2, -0.15) is 5.26 Å². The van der Waals surface area contributed by atoms with Crippen molar-refractivity contribution in [3.63, 3.8) is 0 Å². The van der Waals surface area contributed by atoms with Crippen LogP contribution < -0.4 is 5.73 Å². The van der Waals surface area contributed by atoms with Crippen LogP contribution in [-0.4, -0.2) is 4.57 Å². The highest BCUT2D eigenvalue weighted by Gasteiger charge is 2.27. The van der Waals surface area contributed by atoms with Crippen LogP contribution >= 0.6 is 0 Å². The molecule has 4 heterocycles. The van der Waals surface area contributed by atoms with Crippen LogP contribution in [0.4, 0.5) is 5.82 Å². The zero-order valence-corrected chi connectivity index (χ0v) is 12.6. The summed E-state index contributed by atoms with van der Waals surface area (Å²) in [5.41, 5.74) is 7.90. The number of nitrogens with two attached hydrogens (primary N) is 1. The van der Waals surface area contributed by atoms with Crippen molar-refractivity contribution < 1.29 is 13.3 Å². The van der Waals surface area contributed by atoms with Gasteiger partial charge in [-0.3, -0.25) is 0 Å². The topological polar surface area (TPSA) is 94.2 Å². The molecule has 0 aliphatic heterocycles. The molecule has 4 aromatic heterocycles. The normalized spacial score (nSPS) is 10.8. The molecule has 0 amide bonds. The van der Waals surface area contributed by atoms with Crippen LogP contribution in [-0.2, 0) is 6.54 Å². The lowest BCUT2D eigenvalue weighted by atomic mass is 10.1. The lowest BCUT2D eigenvalue weighted by molar-refractivity contribution is 0.494. The van der Waals surface area contributed by atoms with Gasteiger partial charge in [-0.25, -0.2) is 0 Å². The van der Waals surface area contributed by atoms with Crippen molar-refractivity contribution >= 4 is 5.82 Å². The highest BCUT2D eigenvalue weighted by atomic mass is 16.3. The van der Waals surface area contributed by atoms with E-state index in [4.69, 9.17) is 19.0 Å². The second kappa shape index (κ2) is 5.56. The van der Waals surface area contributed by atoms with E-state index in [1.54, 1.807) is 47.6 Å². The summed E-state index contributed by atoms with van der Waals surface area (Å²) in [6.45, 7) is 0.379. The fourth-order valence-corrected chi connectivity index (χ4v) is 2.80. The Labute approximate surface area is 137 Å². The van der Waals surface area contributed by atoms with Gasteiger partial charge in [0.15, 0.2) is 5.76 Å². The van der Waals surface area contributed by atoms with Crippen LogP contribution in [0.1, 0.15) is 11.3 Å². The standard InChI is InChI=1S/C18H13N3O3/c19-10-13-16(14-5-2-8-23-14)17(15-6-3-9-24-15)21(18(13)20)11-12-4-1-7-22-12/h1-9H,11,20H2. The molecule has 0 aliphatic carbocycles. The molecule has 0 fully saturated rings. The molecule has 0 aromatic carbocycles. The molecule has 118 valence electrons. The van der Waals surface area contributed by atoms with E-state index in [2.05, 4.69) is 6.07 Å². The molecule has 0 saturated heterocycles. The van der Waals surface area contributed by atoms with E-state index in [1.807, 2.05) is 12.1 Å². The minimum atomic E-state index is 0.340. The Hall–Kier alpha value is -3.59. The predicted octanol–water partition coefficient (Wildman–Crippen LogP) is 4.10. The molecule has 4 rings (SSSR count). The van der Waals surface area contributed by atoms with Gasteiger partial charge in [-0.1, -0.05) is 0 Å². The van der Waals surface area contributed by atoms with Gasteiger partial charge in [-0.15, -0.1) is 0 Å². The molecule has 0 spiro atoms. The maximum Gasteiger partial charge on any atom is 0.151 e. The molecule has 0 unspecified atom stereocenters. The summed E-state index contributed by atoms with van der Waals surface area (Å²) in [6, 6.07) is 13.0. The molecule has 0 saturated carbocycles. The number of nitrogens with zero attached hydrogens (tertiary/aromatic N) is 2. The summed E-state index contributed by atoms with van der Waals surface area (Å²) < 4.78 is 18.3. The molecule has 6 heteroatoms. The molecule has 0 radical (unpaired) electrons. The maximum absolute atomic E-state index is 9.62. The molecule has 6 nitrogen and oxygen atoms in total. The van der Waals surface area contributed by atoms with Gasteiger partial charge in [0.2, 0.25) is 0 Å². The molecule has 0 bridgehead atoms. The minimum absolute atomic E-state index is 0.340. The van der Waals surface area contributed by atoms with Gasteiger partial charge in [0.1, 0.15) is 29.0 Å². The van der Waals surface area contributed by atoms with Gasteiger partial charge in [0.05, 0.1) is 36.6 Å². The maximum atomic E-state index is 9.62. The number of furan rings is 3. The minimum Gasteiger partial charge on any atom is -0.467 e. The predicted molar refractivity (Wildman–Crippen MR) is 86.8 cm³/mol. The monoisotopic (exact) mass is 319 g/mol. The average molecular weight is 319 g/mol. The van der Waals surface area contributed by atoms with Gasteiger partial charge >= 0.3 is 0 Å². The molecular formula is C18H13N3O3. The zero-order chi connectivity index (χ0) is 16.5. The summed E-state index contributed by atoms with van der Waals surface area (Å²) in [7, 11) is 0. The van der Waals surface area contributed by atoms with Crippen LogP contribution in [0.2, 0.25) is 0 Å². The summed E-state index contributed by atoms with van der Waals surface area (Å²) in [6.07, 6.45) is 4.73. The highest BCUT2D eigenvalue weighted by molar-refractivity contribution is 5.87. The zero-order valence-electron chi connectivity index (χ0n) is 12.6. The van der Waals surface area contributed by atoms with Crippen molar-refractivity contribution in [3.8, 4) is 28.8 Å². The summed E-state index contributed by atoms with van der Waals surface area (Å²) in [5.74, 6) is 2.22. The number of nitrogen functional groups attached to an aromatic ring is 1. The Morgan fingerprint density at radius 2 is 1.62 bits per heavy atom.